The molecule has 3 saturated carbocycles. The van der Waals surface area contributed by atoms with Crippen LogP contribution in [0, 0.1) is 29.6 Å². The second-order valence-electron chi connectivity index (χ2n) is 9.80. The standard InChI is InChI=1S/C21H26F4O9S/c1-2-19(5-3-4-6-19)34-18(28)14-10-9-11-13(17(27)33-15(11)14)12(10)16(26)32-8-7-20(22,23)21(24,25)35(29,30)31/h10-15H,2-9H2,1H3,(H,29,30,31)/p-1. The second-order valence-corrected chi connectivity index (χ2v) is 11.2. The normalized spacial score (nSPS) is 33.6. The van der Waals surface area contributed by atoms with Gasteiger partial charge in [-0.15, -0.1) is 0 Å². The Bertz CT molecular complexity index is 1010. The number of alkyl halides is 4. The van der Waals surface area contributed by atoms with Crippen LogP contribution in [0.4, 0.5) is 17.6 Å². The predicted molar refractivity (Wildman–Crippen MR) is 105 cm³/mol. The fourth-order valence-corrected chi connectivity index (χ4v) is 6.68. The summed E-state index contributed by atoms with van der Waals surface area (Å²) < 4.78 is 101. The van der Waals surface area contributed by atoms with Gasteiger partial charge in [0.05, 0.1) is 30.8 Å². The minimum Gasteiger partial charge on any atom is -0.743 e. The molecular weight excluding hydrogens is 504 g/mol. The summed E-state index contributed by atoms with van der Waals surface area (Å²) in [6, 6.07) is 0. The zero-order chi connectivity index (χ0) is 26.0. The number of fused-ring (bicyclic) bond motifs is 1. The van der Waals surface area contributed by atoms with Crippen molar-refractivity contribution in [1.29, 1.82) is 0 Å². The van der Waals surface area contributed by atoms with Gasteiger partial charge in [-0.2, -0.15) is 17.6 Å². The van der Waals surface area contributed by atoms with Crippen molar-refractivity contribution in [3.63, 3.8) is 0 Å². The number of hydrogen-bond acceptors (Lipinski definition) is 9. The van der Waals surface area contributed by atoms with E-state index in [1.165, 1.54) is 0 Å². The monoisotopic (exact) mass is 529 g/mol. The lowest BCUT2D eigenvalue weighted by Crippen LogP contribution is -2.48. The highest BCUT2D eigenvalue weighted by Gasteiger charge is 2.71. The van der Waals surface area contributed by atoms with Gasteiger partial charge in [0, 0.05) is 5.92 Å². The van der Waals surface area contributed by atoms with E-state index in [4.69, 9.17) is 14.2 Å². The average molecular weight is 529 g/mol. The maximum atomic E-state index is 13.7. The van der Waals surface area contributed by atoms with E-state index >= 15 is 0 Å². The molecular formula is C21H25F4O9S-. The molecule has 0 spiro atoms. The first-order valence-electron chi connectivity index (χ1n) is 11.5. The molecule has 4 fully saturated rings. The van der Waals surface area contributed by atoms with Crippen LogP contribution in [0.3, 0.4) is 0 Å². The van der Waals surface area contributed by atoms with Gasteiger partial charge in [-0.25, -0.2) is 8.42 Å². The molecule has 0 aromatic carbocycles. The number of esters is 3. The molecule has 198 valence electrons. The molecule has 6 atom stereocenters. The van der Waals surface area contributed by atoms with Crippen molar-refractivity contribution in [2.24, 2.45) is 29.6 Å². The third-order valence-electron chi connectivity index (χ3n) is 8.04. The first kappa shape index (κ1) is 26.1. The maximum absolute atomic E-state index is 13.7. The molecule has 1 heterocycles. The number of carbonyl (C=O) groups is 3. The molecule has 4 aliphatic rings. The average Bonchev–Trinajstić information content (AvgIpc) is 3.49. The van der Waals surface area contributed by atoms with Crippen LogP contribution in [0.25, 0.3) is 0 Å². The molecule has 0 aromatic heterocycles. The third-order valence-corrected chi connectivity index (χ3v) is 8.96. The Kier molecular flexibility index (Phi) is 6.39. The number of hydrogen-bond donors (Lipinski definition) is 0. The minimum absolute atomic E-state index is 0.266. The summed E-state index contributed by atoms with van der Waals surface area (Å²) >= 11 is 0. The molecule has 2 bridgehead atoms. The first-order chi connectivity index (χ1) is 16.2. The van der Waals surface area contributed by atoms with Gasteiger partial charge in [0.1, 0.15) is 11.7 Å². The van der Waals surface area contributed by atoms with Gasteiger partial charge in [-0.1, -0.05) is 6.92 Å². The van der Waals surface area contributed by atoms with E-state index in [9.17, 15) is 44.9 Å². The molecule has 6 unspecified atom stereocenters. The summed E-state index contributed by atoms with van der Waals surface area (Å²) in [7, 11) is -6.67. The summed E-state index contributed by atoms with van der Waals surface area (Å²) in [6.45, 7) is 0.562. The SMILES string of the molecule is CCC1(OC(=O)C2C3CC4C2OC(=O)C4C3C(=O)OCCC(F)(F)C(F)(F)S(=O)(=O)[O-])CCCC1. The van der Waals surface area contributed by atoms with Gasteiger partial charge in [0.25, 0.3) is 0 Å². The molecule has 4 rings (SSSR count). The minimum atomic E-state index is -6.67. The van der Waals surface area contributed by atoms with Crippen molar-refractivity contribution >= 4 is 28.0 Å². The molecule has 0 radical (unpaired) electrons. The third kappa shape index (κ3) is 4.09. The van der Waals surface area contributed by atoms with E-state index in [1.54, 1.807) is 0 Å². The molecule has 0 amide bonds. The predicted octanol–water partition coefficient (Wildman–Crippen LogP) is 2.38. The van der Waals surface area contributed by atoms with Crippen LogP contribution in [0.15, 0.2) is 0 Å². The Labute approximate surface area is 198 Å². The van der Waals surface area contributed by atoms with Crippen LogP contribution in [0.5, 0.6) is 0 Å². The van der Waals surface area contributed by atoms with E-state index in [2.05, 4.69) is 0 Å². The van der Waals surface area contributed by atoms with Gasteiger partial charge in [0.15, 0.2) is 10.1 Å². The van der Waals surface area contributed by atoms with E-state index in [1.807, 2.05) is 6.92 Å². The Morgan fingerprint density at radius 2 is 1.74 bits per heavy atom. The van der Waals surface area contributed by atoms with Crippen molar-refractivity contribution in [1.82, 2.24) is 0 Å². The highest BCUT2D eigenvalue weighted by atomic mass is 32.2. The summed E-state index contributed by atoms with van der Waals surface area (Å²) in [6.07, 6.45) is 1.32. The summed E-state index contributed by atoms with van der Waals surface area (Å²) in [5.41, 5.74) is -0.629. The second kappa shape index (κ2) is 8.56. The molecule has 14 heteroatoms. The zero-order valence-electron chi connectivity index (χ0n) is 18.7. The van der Waals surface area contributed by atoms with Crippen molar-refractivity contribution < 1.29 is 59.1 Å². The van der Waals surface area contributed by atoms with Crippen LogP contribution in [-0.4, -0.2) is 60.4 Å². The Morgan fingerprint density at radius 3 is 2.31 bits per heavy atom. The van der Waals surface area contributed by atoms with E-state index in [-0.39, 0.29) is 6.42 Å². The molecule has 3 aliphatic carbocycles. The number of carbonyl (C=O) groups excluding carboxylic acids is 3. The van der Waals surface area contributed by atoms with Crippen molar-refractivity contribution in [2.75, 3.05) is 6.61 Å². The van der Waals surface area contributed by atoms with Crippen LogP contribution in [0.1, 0.15) is 51.9 Å². The molecule has 1 aliphatic heterocycles. The summed E-state index contributed by atoms with van der Waals surface area (Å²) in [4.78, 5) is 38.3. The Morgan fingerprint density at radius 1 is 1.11 bits per heavy atom. The zero-order valence-corrected chi connectivity index (χ0v) is 19.5. The van der Waals surface area contributed by atoms with Crippen molar-refractivity contribution in [2.45, 2.75) is 74.8 Å². The van der Waals surface area contributed by atoms with Gasteiger partial charge >= 0.3 is 29.1 Å². The highest BCUT2D eigenvalue weighted by molar-refractivity contribution is 7.86. The molecule has 35 heavy (non-hydrogen) atoms. The summed E-state index contributed by atoms with van der Waals surface area (Å²) in [5.74, 6) is -12.1. The molecule has 1 saturated heterocycles. The Balaban J connectivity index is 1.45. The van der Waals surface area contributed by atoms with E-state index in [0.717, 1.165) is 12.8 Å². The van der Waals surface area contributed by atoms with Gasteiger partial charge in [-0.05, 0) is 44.4 Å². The van der Waals surface area contributed by atoms with Crippen LogP contribution >= 0.6 is 0 Å². The number of ether oxygens (including phenoxy) is 3. The summed E-state index contributed by atoms with van der Waals surface area (Å²) in [5, 5.41) is -5.90. The topological polar surface area (TPSA) is 136 Å². The first-order valence-corrected chi connectivity index (χ1v) is 12.9. The molecule has 0 aromatic rings. The molecule has 0 N–H and O–H groups in total. The lowest BCUT2D eigenvalue weighted by Gasteiger charge is -2.34. The van der Waals surface area contributed by atoms with Crippen LogP contribution in [-0.2, 0) is 38.7 Å². The van der Waals surface area contributed by atoms with Crippen molar-refractivity contribution in [3.05, 3.63) is 0 Å². The van der Waals surface area contributed by atoms with Crippen LogP contribution in [0.2, 0.25) is 0 Å². The van der Waals surface area contributed by atoms with Crippen molar-refractivity contribution in [3.8, 4) is 0 Å². The largest absolute Gasteiger partial charge is 0.743 e. The fourth-order valence-electron chi connectivity index (χ4n) is 6.22. The van der Waals surface area contributed by atoms with Crippen LogP contribution < -0.4 is 0 Å². The highest BCUT2D eigenvalue weighted by Crippen LogP contribution is 2.61. The lowest BCUT2D eigenvalue weighted by atomic mass is 9.74. The van der Waals surface area contributed by atoms with E-state index < -0.39 is 93.5 Å². The molecule has 9 nitrogen and oxygen atoms in total. The number of rotatable bonds is 9. The maximum Gasteiger partial charge on any atom is 0.396 e. The lowest BCUT2D eigenvalue weighted by molar-refractivity contribution is -0.178. The Hall–Kier alpha value is -1.96. The smallest absolute Gasteiger partial charge is 0.396 e. The van der Waals surface area contributed by atoms with Gasteiger partial charge in [0.2, 0.25) is 0 Å². The van der Waals surface area contributed by atoms with E-state index in [0.29, 0.717) is 19.3 Å². The van der Waals surface area contributed by atoms with Gasteiger partial charge < -0.3 is 18.8 Å². The number of halogens is 4. The van der Waals surface area contributed by atoms with Gasteiger partial charge in [-0.3, -0.25) is 14.4 Å². The quantitative estimate of drug-likeness (QED) is 0.191. The fraction of sp³-hybridized carbons (Fsp3) is 0.857.